The predicted octanol–water partition coefficient (Wildman–Crippen LogP) is 1.66. The first kappa shape index (κ1) is 13.1. The van der Waals surface area contributed by atoms with Crippen molar-refractivity contribution in [1.29, 1.82) is 0 Å². The van der Waals surface area contributed by atoms with Gasteiger partial charge in [0, 0.05) is 23.8 Å². The number of hydrogen-bond acceptors (Lipinski definition) is 5. The van der Waals surface area contributed by atoms with Crippen LogP contribution >= 0.6 is 0 Å². The van der Waals surface area contributed by atoms with Gasteiger partial charge in [-0.1, -0.05) is 12.1 Å². The van der Waals surface area contributed by atoms with Gasteiger partial charge in [0.15, 0.2) is 5.82 Å². The van der Waals surface area contributed by atoms with Crippen LogP contribution in [0, 0.1) is 12.8 Å². The number of nitrogens with two attached hydrogens (primary N) is 1. The van der Waals surface area contributed by atoms with E-state index < -0.39 is 0 Å². The summed E-state index contributed by atoms with van der Waals surface area (Å²) in [7, 11) is 0. The number of hydrogen-bond donors (Lipinski definition) is 1. The zero-order valence-electron chi connectivity index (χ0n) is 11.6. The highest BCUT2D eigenvalue weighted by molar-refractivity contribution is 5.74. The molecule has 106 valence electrons. The molecule has 0 spiro atoms. The summed E-state index contributed by atoms with van der Waals surface area (Å²) in [6.07, 6.45) is 2.26. The maximum Gasteiger partial charge on any atom is 0.184 e. The Bertz CT molecular complexity index is 569. The molecule has 20 heavy (non-hydrogen) atoms. The highest BCUT2D eigenvalue weighted by Gasteiger charge is 2.19. The lowest BCUT2D eigenvalue weighted by atomic mass is 10.0. The number of aryl methyl sites for hydroxylation is 1. The van der Waals surface area contributed by atoms with E-state index in [1.165, 1.54) is 0 Å². The molecule has 6 nitrogen and oxygen atoms in total. The van der Waals surface area contributed by atoms with Crippen molar-refractivity contribution in [2.75, 3.05) is 18.9 Å². The van der Waals surface area contributed by atoms with Crippen molar-refractivity contribution in [1.82, 2.24) is 20.2 Å². The number of nitrogen functional groups attached to an aromatic ring is 1. The maximum absolute atomic E-state index is 6.08. The third-order valence-electron chi connectivity index (χ3n) is 3.75. The van der Waals surface area contributed by atoms with Crippen LogP contribution in [0.25, 0.3) is 11.4 Å². The molecule has 0 aliphatic carbocycles. The minimum absolute atomic E-state index is 0.469. The van der Waals surface area contributed by atoms with Gasteiger partial charge < -0.3 is 10.5 Å². The van der Waals surface area contributed by atoms with Crippen LogP contribution in [-0.4, -0.2) is 33.4 Å². The van der Waals surface area contributed by atoms with Gasteiger partial charge in [-0.15, -0.1) is 5.10 Å². The molecular formula is C14H19N5O. The van der Waals surface area contributed by atoms with Gasteiger partial charge in [0.2, 0.25) is 0 Å². The van der Waals surface area contributed by atoms with Gasteiger partial charge in [-0.3, -0.25) is 0 Å². The van der Waals surface area contributed by atoms with Crippen molar-refractivity contribution >= 4 is 5.69 Å². The Morgan fingerprint density at radius 2 is 2.35 bits per heavy atom. The zero-order valence-corrected chi connectivity index (χ0v) is 11.6. The molecule has 0 saturated carbocycles. The molecule has 1 atom stereocenters. The second kappa shape index (κ2) is 5.58. The largest absolute Gasteiger partial charge is 0.398 e. The molecule has 0 radical (unpaired) electrons. The van der Waals surface area contributed by atoms with Crippen molar-refractivity contribution in [3.05, 3.63) is 23.8 Å². The van der Waals surface area contributed by atoms with E-state index in [0.29, 0.717) is 11.6 Å². The minimum Gasteiger partial charge on any atom is -0.398 e. The third-order valence-corrected chi connectivity index (χ3v) is 3.75. The molecule has 1 saturated heterocycles. The number of nitrogens with zero attached hydrogens (tertiary/aromatic N) is 4. The Labute approximate surface area is 117 Å². The monoisotopic (exact) mass is 273 g/mol. The second-order valence-electron chi connectivity index (χ2n) is 5.31. The summed E-state index contributed by atoms with van der Waals surface area (Å²) in [6.45, 7) is 4.44. The first-order valence-electron chi connectivity index (χ1n) is 6.95. The molecule has 1 fully saturated rings. The van der Waals surface area contributed by atoms with Crippen molar-refractivity contribution in [3.8, 4) is 11.4 Å². The molecule has 0 amide bonds. The van der Waals surface area contributed by atoms with Crippen molar-refractivity contribution < 1.29 is 4.74 Å². The van der Waals surface area contributed by atoms with E-state index >= 15 is 0 Å². The van der Waals surface area contributed by atoms with Crippen molar-refractivity contribution in [2.45, 2.75) is 26.3 Å². The summed E-state index contributed by atoms with van der Waals surface area (Å²) in [5, 5.41) is 12.1. The third kappa shape index (κ3) is 2.51. The summed E-state index contributed by atoms with van der Waals surface area (Å²) in [5.41, 5.74) is 8.80. The molecule has 6 heteroatoms. The van der Waals surface area contributed by atoms with E-state index in [4.69, 9.17) is 10.5 Å². The van der Waals surface area contributed by atoms with E-state index in [1.54, 1.807) is 0 Å². The fourth-order valence-corrected chi connectivity index (χ4v) is 2.70. The highest BCUT2D eigenvalue weighted by Crippen LogP contribution is 2.28. The van der Waals surface area contributed by atoms with Gasteiger partial charge in [0.05, 0.1) is 13.2 Å². The van der Waals surface area contributed by atoms with Gasteiger partial charge in [0.25, 0.3) is 0 Å². The van der Waals surface area contributed by atoms with Crippen LogP contribution in [0.2, 0.25) is 0 Å². The quantitative estimate of drug-likeness (QED) is 0.860. The van der Waals surface area contributed by atoms with Crippen molar-refractivity contribution in [2.24, 2.45) is 5.92 Å². The molecule has 2 heterocycles. The minimum atomic E-state index is 0.469. The lowest BCUT2D eigenvalue weighted by Gasteiger charge is -2.22. The number of benzene rings is 1. The fourth-order valence-electron chi connectivity index (χ4n) is 2.70. The molecule has 1 aromatic heterocycles. The molecule has 1 aromatic carbocycles. The van der Waals surface area contributed by atoms with Crippen LogP contribution in [0.4, 0.5) is 5.69 Å². The Morgan fingerprint density at radius 3 is 3.10 bits per heavy atom. The van der Waals surface area contributed by atoms with Gasteiger partial charge in [-0.2, -0.15) is 0 Å². The molecule has 1 aliphatic rings. The van der Waals surface area contributed by atoms with Crippen LogP contribution < -0.4 is 5.73 Å². The average Bonchev–Trinajstić information content (AvgIpc) is 2.88. The fraction of sp³-hybridized carbons (Fsp3) is 0.500. The molecule has 0 bridgehead atoms. The van der Waals surface area contributed by atoms with Gasteiger partial charge in [-0.05, 0) is 41.8 Å². The zero-order chi connectivity index (χ0) is 13.9. The first-order chi connectivity index (χ1) is 9.75. The van der Waals surface area contributed by atoms with Crippen LogP contribution in [0.3, 0.4) is 0 Å². The Morgan fingerprint density at radius 1 is 1.45 bits per heavy atom. The standard InChI is InChI=1S/C14H19N5O/c1-10-4-2-6-12(15)13(10)14-16-17-18-19(14)8-11-5-3-7-20-9-11/h2,4,6,11H,3,5,7-9,15H2,1H3. The summed E-state index contributed by atoms with van der Waals surface area (Å²) in [5.74, 6) is 1.21. The Hall–Kier alpha value is -1.95. The predicted molar refractivity (Wildman–Crippen MR) is 75.9 cm³/mol. The number of tetrazole rings is 1. The smallest absolute Gasteiger partial charge is 0.184 e. The van der Waals surface area contributed by atoms with Crippen molar-refractivity contribution in [3.63, 3.8) is 0 Å². The molecule has 1 aliphatic heterocycles. The number of rotatable bonds is 3. The second-order valence-corrected chi connectivity index (χ2v) is 5.31. The Kier molecular flexibility index (Phi) is 3.64. The summed E-state index contributed by atoms with van der Waals surface area (Å²) in [4.78, 5) is 0. The highest BCUT2D eigenvalue weighted by atomic mass is 16.5. The lowest BCUT2D eigenvalue weighted by Crippen LogP contribution is -2.23. The summed E-state index contributed by atoms with van der Waals surface area (Å²) in [6, 6.07) is 5.84. The molecule has 3 rings (SSSR count). The molecule has 2 aromatic rings. The first-order valence-corrected chi connectivity index (χ1v) is 6.95. The van der Waals surface area contributed by atoms with Crippen LogP contribution in [-0.2, 0) is 11.3 Å². The number of ether oxygens (including phenoxy) is 1. The SMILES string of the molecule is Cc1cccc(N)c1-c1nnnn1CC1CCCOC1. The average molecular weight is 273 g/mol. The van der Waals surface area contributed by atoms with E-state index in [-0.39, 0.29) is 0 Å². The van der Waals surface area contributed by atoms with Crippen LogP contribution in [0.5, 0.6) is 0 Å². The normalized spacial score (nSPS) is 19.1. The van der Waals surface area contributed by atoms with Crippen LogP contribution in [0.1, 0.15) is 18.4 Å². The number of anilines is 1. The molecule has 2 N–H and O–H groups in total. The topological polar surface area (TPSA) is 78.9 Å². The molecular weight excluding hydrogens is 254 g/mol. The van der Waals surface area contributed by atoms with Gasteiger partial charge in [0.1, 0.15) is 0 Å². The molecule has 1 unspecified atom stereocenters. The van der Waals surface area contributed by atoms with E-state index in [2.05, 4.69) is 15.5 Å². The van der Waals surface area contributed by atoms with E-state index in [1.807, 2.05) is 29.8 Å². The number of aromatic nitrogens is 4. The van der Waals surface area contributed by atoms with E-state index in [0.717, 1.165) is 49.6 Å². The summed E-state index contributed by atoms with van der Waals surface area (Å²) < 4.78 is 7.36. The summed E-state index contributed by atoms with van der Waals surface area (Å²) >= 11 is 0. The van der Waals surface area contributed by atoms with Gasteiger partial charge >= 0.3 is 0 Å². The maximum atomic E-state index is 6.08. The van der Waals surface area contributed by atoms with Gasteiger partial charge in [-0.25, -0.2) is 4.68 Å². The lowest BCUT2D eigenvalue weighted by molar-refractivity contribution is 0.0470. The van der Waals surface area contributed by atoms with Crippen LogP contribution in [0.15, 0.2) is 18.2 Å². The van der Waals surface area contributed by atoms with E-state index in [9.17, 15) is 0 Å². The Balaban J connectivity index is 1.89.